The van der Waals surface area contributed by atoms with Crippen molar-refractivity contribution < 1.29 is 22.7 Å². The Morgan fingerprint density at radius 3 is 2.55 bits per heavy atom. The van der Waals surface area contributed by atoms with Gasteiger partial charge in [0.25, 0.3) is 15.9 Å². The second kappa shape index (κ2) is 6.71. The van der Waals surface area contributed by atoms with Crippen molar-refractivity contribution in [3.05, 3.63) is 23.8 Å². The maximum Gasteiger partial charge on any atom is 0.264 e. The first kappa shape index (κ1) is 16.5. The molecule has 0 spiro atoms. The summed E-state index contributed by atoms with van der Waals surface area (Å²) in [6, 6.07) is 4.51. The van der Waals surface area contributed by atoms with Crippen molar-refractivity contribution in [3.63, 3.8) is 0 Å². The largest absolute Gasteiger partial charge is 0.497 e. The fourth-order valence-electron chi connectivity index (χ4n) is 1.65. The van der Waals surface area contributed by atoms with Gasteiger partial charge in [-0.2, -0.15) is 0 Å². The van der Waals surface area contributed by atoms with E-state index in [0.717, 1.165) is 0 Å². The third-order valence-corrected chi connectivity index (χ3v) is 4.20. The smallest absolute Gasteiger partial charge is 0.264 e. The van der Waals surface area contributed by atoms with E-state index in [2.05, 4.69) is 0 Å². The summed E-state index contributed by atoms with van der Waals surface area (Å²) in [6.45, 7) is 5.19. The molecular weight excluding hydrogens is 282 g/mol. The van der Waals surface area contributed by atoms with Gasteiger partial charge in [-0.3, -0.25) is 4.79 Å². The number of aryl methyl sites for hydroxylation is 1. The first-order chi connectivity index (χ1) is 9.31. The molecule has 0 heterocycles. The van der Waals surface area contributed by atoms with E-state index in [1.54, 1.807) is 19.9 Å². The molecule has 1 amide bonds. The topological polar surface area (TPSA) is 81.7 Å². The molecule has 1 rings (SSSR count). The number of ether oxygens (including phenoxy) is 2. The van der Waals surface area contributed by atoms with Crippen LogP contribution in [-0.4, -0.2) is 34.1 Å². The fraction of sp³-hybridized carbons (Fsp3) is 0.462. The summed E-state index contributed by atoms with van der Waals surface area (Å²) in [7, 11) is -2.42. The molecule has 0 aliphatic heterocycles. The number of amides is 1. The minimum absolute atomic E-state index is 0.0374. The summed E-state index contributed by atoms with van der Waals surface area (Å²) in [5, 5.41) is 0. The van der Waals surface area contributed by atoms with Crippen LogP contribution >= 0.6 is 0 Å². The first-order valence-corrected chi connectivity index (χ1v) is 7.63. The predicted molar refractivity (Wildman–Crippen MR) is 74.1 cm³/mol. The lowest BCUT2D eigenvalue weighted by molar-refractivity contribution is -0.129. The van der Waals surface area contributed by atoms with Crippen LogP contribution < -0.4 is 9.46 Å². The van der Waals surface area contributed by atoms with Gasteiger partial charge in [-0.15, -0.1) is 0 Å². The minimum atomic E-state index is -3.91. The maximum atomic E-state index is 12.1. The van der Waals surface area contributed by atoms with Crippen molar-refractivity contribution in [1.29, 1.82) is 0 Å². The molecule has 0 saturated carbocycles. The Morgan fingerprint density at radius 2 is 2.05 bits per heavy atom. The SMILES string of the molecule is CCO[C@@H](C)C(=O)NS(=O)(=O)c1ccc(OC)cc1C. The second-order valence-corrected chi connectivity index (χ2v) is 5.85. The van der Waals surface area contributed by atoms with E-state index >= 15 is 0 Å². The van der Waals surface area contributed by atoms with Gasteiger partial charge >= 0.3 is 0 Å². The Bertz CT molecular complexity index is 582. The van der Waals surface area contributed by atoms with Crippen LogP contribution in [0.3, 0.4) is 0 Å². The number of sulfonamides is 1. The normalized spacial score (nSPS) is 12.8. The van der Waals surface area contributed by atoms with E-state index in [9.17, 15) is 13.2 Å². The van der Waals surface area contributed by atoms with Crippen molar-refractivity contribution in [2.45, 2.75) is 31.8 Å². The van der Waals surface area contributed by atoms with Crippen molar-refractivity contribution in [1.82, 2.24) is 4.72 Å². The summed E-state index contributed by atoms with van der Waals surface area (Å²) >= 11 is 0. The molecule has 0 aromatic heterocycles. The molecule has 0 saturated heterocycles. The summed E-state index contributed by atoms with van der Waals surface area (Å²) in [4.78, 5) is 11.8. The van der Waals surface area contributed by atoms with Gasteiger partial charge in [0.1, 0.15) is 11.9 Å². The number of hydrogen-bond donors (Lipinski definition) is 1. The van der Waals surface area contributed by atoms with E-state index in [1.807, 2.05) is 4.72 Å². The van der Waals surface area contributed by atoms with Gasteiger partial charge < -0.3 is 9.47 Å². The Kier molecular flexibility index (Phi) is 5.52. The molecule has 1 aromatic carbocycles. The van der Waals surface area contributed by atoms with E-state index in [0.29, 0.717) is 17.9 Å². The lowest BCUT2D eigenvalue weighted by Gasteiger charge is -2.14. The number of rotatable bonds is 6. The average molecular weight is 301 g/mol. The van der Waals surface area contributed by atoms with Crippen LogP contribution in [0.4, 0.5) is 0 Å². The van der Waals surface area contributed by atoms with Gasteiger partial charge in [0.15, 0.2) is 0 Å². The molecule has 0 unspecified atom stereocenters. The van der Waals surface area contributed by atoms with Crippen molar-refractivity contribution in [3.8, 4) is 5.75 Å². The van der Waals surface area contributed by atoms with Crippen LogP contribution in [-0.2, 0) is 19.6 Å². The highest BCUT2D eigenvalue weighted by atomic mass is 32.2. The molecule has 1 N–H and O–H groups in total. The monoisotopic (exact) mass is 301 g/mol. The number of nitrogens with one attached hydrogen (secondary N) is 1. The Balaban J connectivity index is 2.97. The zero-order valence-corrected chi connectivity index (χ0v) is 12.8. The molecule has 20 heavy (non-hydrogen) atoms. The summed E-state index contributed by atoms with van der Waals surface area (Å²) in [5.41, 5.74) is 0.494. The first-order valence-electron chi connectivity index (χ1n) is 6.14. The third kappa shape index (κ3) is 3.94. The number of methoxy groups -OCH3 is 1. The standard InChI is InChI=1S/C13H19NO5S/c1-5-19-10(3)13(15)14-20(16,17)12-7-6-11(18-4)8-9(12)2/h6-8,10H,5H2,1-4H3,(H,14,15)/t10-/m0/s1. The zero-order chi connectivity index (χ0) is 15.3. The highest BCUT2D eigenvalue weighted by Gasteiger charge is 2.23. The molecule has 1 atom stereocenters. The molecule has 1 aromatic rings. The number of carbonyl (C=O) groups excluding carboxylic acids is 1. The van der Waals surface area contributed by atoms with Crippen LogP contribution in [0.15, 0.2) is 23.1 Å². The minimum Gasteiger partial charge on any atom is -0.497 e. The average Bonchev–Trinajstić information content (AvgIpc) is 2.37. The fourth-order valence-corrected chi connectivity index (χ4v) is 2.92. The molecule has 6 nitrogen and oxygen atoms in total. The molecule has 0 radical (unpaired) electrons. The number of benzene rings is 1. The highest BCUT2D eigenvalue weighted by molar-refractivity contribution is 7.90. The van der Waals surface area contributed by atoms with E-state index in [-0.39, 0.29) is 4.90 Å². The van der Waals surface area contributed by atoms with E-state index in [4.69, 9.17) is 9.47 Å². The molecule has 112 valence electrons. The third-order valence-electron chi connectivity index (χ3n) is 2.69. The van der Waals surface area contributed by atoms with Gasteiger partial charge in [-0.1, -0.05) is 0 Å². The lowest BCUT2D eigenvalue weighted by atomic mass is 10.2. The Labute approximate surface area is 119 Å². The molecule has 0 aliphatic carbocycles. The quantitative estimate of drug-likeness (QED) is 0.854. The van der Waals surface area contributed by atoms with Crippen LogP contribution in [0.2, 0.25) is 0 Å². The van der Waals surface area contributed by atoms with Gasteiger partial charge in [0, 0.05) is 6.61 Å². The van der Waals surface area contributed by atoms with Crippen LogP contribution in [0.25, 0.3) is 0 Å². The van der Waals surface area contributed by atoms with Gasteiger partial charge in [0.05, 0.1) is 12.0 Å². The van der Waals surface area contributed by atoms with Gasteiger partial charge in [-0.25, -0.2) is 13.1 Å². The number of hydrogen-bond acceptors (Lipinski definition) is 5. The molecule has 7 heteroatoms. The zero-order valence-electron chi connectivity index (χ0n) is 12.0. The summed E-state index contributed by atoms with van der Waals surface area (Å²) in [6.07, 6.45) is -0.826. The molecule has 0 aliphatic rings. The van der Waals surface area contributed by atoms with Crippen molar-refractivity contribution >= 4 is 15.9 Å². The van der Waals surface area contributed by atoms with Crippen LogP contribution in [0.5, 0.6) is 5.75 Å². The molecule has 0 bridgehead atoms. The van der Waals surface area contributed by atoms with Gasteiger partial charge in [0.2, 0.25) is 0 Å². The van der Waals surface area contributed by atoms with E-state index in [1.165, 1.54) is 26.2 Å². The number of carbonyl (C=O) groups is 1. The Morgan fingerprint density at radius 1 is 1.40 bits per heavy atom. The van der Waals surface area contributed by atoms with Crippen LogP contribution in [0.1, 0.15) is 19.4 Å². The lowest BCUT2D eigenvalue weighted by Crippen LogP contribution is -2.38. The van der Waals surface area contributed by atoms with Crippen molar-refractivity contribution in [2.24, 2.45) is 0 Å². The van der Waals surface area contributed by atoms with Crippen LogP contribution in [0, 0.1) is 6.92 Å². The Hall–Kier alpha value is -1.60. The maximum absolute atomic E-state index is 12.1. The second-order valence-electron chi connectivity index (χ2n) is 4.20. The highest BCUT2D eigenvalue weighted by Crippen LogP contribution is 2.20. The molecule has 0 fully saturated rings. The van der Waals surface area contributed by atoms with Crippen molar-refractivity contribution in [2.75, 3.05) is 13.7 Å². The molecular formula is C13H19NO5S. The summed E-state index contributed by atoms with van der Waals surface area (Å²) < 4.78 is 36.4. The summed E-state index contributed by atoms with van der Waals surface area (Å²) in [5.74, 6) is -0.141. The van der Waals surface area contributed by atoms with Gasteiger partial charge in [-0.05, 0) is 44.5 Å². The predicted octanol–water partition coefficient (Wildman–Crippen LogP) is 1.23. The van der Waals surface area contributed by atoms with E-state index < -0.39 is 22.0 Å².